The predicted octanol–water partition coefficient (Wildman–Crippen LogP) is 5.44. The Morgan fingerprint density at radius 2 is 1.74 bits per heavy atom. The van der Waals surface area contributed by atoms with Gasteiger partial charge >= 0.3 is 0 Å². The Morgan fingerprint density at radius 3 is 2.41 bits per heavy atom. The normalized spacial score (nSPS) is 11.4. The van der Waals surface area contributed by atoms with Crippen LogP contribution in [-0.2, 0) is 6.54 Å². The fourth-order valence-electron chi connectivity index (χ4n) is 3.39. The fourth-order valence-corrected chi connectivity index (χ4v) is 3.63. The molecule has 3 aromatic rings. The molecule has 0 aliphatic carbocycles. The van der Waals surface area contributed by atoms with Gasteiger partial charge in [0.15, 0.2) is 0 Å². The molecule has 1 N–H and O–H groups in total. The summed E-state index contributed by atoms with van der Waals surface area (Å²) in [4.78, 5) is 15.3. The van der Waals surface area contributed by atoms with Crippen molar-refractivity contribution >= 4 is 22.6 Å². The van der Waals surface area contributed by atoms with E-state index in [2.05, 4.69) is 18.7 Å². The van der Waals surface area contributed by atoms with Crippen molar-refractivity contribution in [1.82, 2.24) is 4.90 Å². The summed E-state index contributed by atoms with van der Waals surface area (Å²) in [6, 6.07) is 10.4. The monoisotopic (exact) mass is 385 g/mol. The van der Waals surface area contributed by atoms with Gasteiger partial charge in [0.1, 0.15) is 17.6 Å². The molecule has 0 aliphatic rings. The van der Waals surface area contributed by atoms with E-state index >= 15 is 0 Å². The number of benzene rings is 2. The Labute approximate surface area is 164 Å². The maximum atomic E-state index is 13.1. The van der Waals surface area contributed by atoms with Crippen molar-refractivity contribution in [3.63, 3.8) is 0 Å². The number of halogens is 1. The molecule has 3 rings (SSSR count). The number of fused-ring (bicyclic) bond motifs is 1. The van der Waals surface area contributed by atoms with Gasteiger partial charge < -0.3 is 9.52 Å². The first-order valence-electron chi connectivity index (χ1n) is 9.30. The lowest BCUT2D eigenvalue weighted by molar-refractivity contribution is 0.262. The van der Waals surface area contributed by atoms with Crippen LogP contribution in [0, 0.1) is 0 Å². The second-order valence-electron chi connectivity index (χ2n) is 6.67. The number of hydrogen-bond acceptors (Lipinski definition) is 4. The molecule has 0 atom stereocenters. The Bertz CT molecular complexity index is 991. The first-order chi connectivity index (χ1) is 13.1. The SMILES string of the molecule is CCCN(CCC)Cc1c(O)ccc2c(=O)c(-c3ccccc3Cl)coc12. The van der Waals surface area contributed by atoms with Gasteiger partial charge in [-0.25, -0.2) is 0 Å². The molecule has 4 nitrogen and oxygen atoms in total. The largest absolute Gasteiger partial charge is 0.507 e. The van der Waals surface area contributed by atoms with E-state index in [-0.39, 0.29) is 11.2 Å². The van der Waals surface area contributed by atoms with Crippen LogP contribution in [0.15, 0.2) is 51.9 Å². The van der Waals surface area contributed by atoms with Crippen LogP contribution in [0.4, 0.5) is 0 Å². The molecule has 0 radical (unpaired) electrons. The van der Waals surface area contributed by atoms with Gasteiger partial charge in [0.2, 0.25) is 5.43 Å². The lowest BCUT2D eigenvalue weighted by Gasteiger charge is -2.22. The molecule has 0 saturated heterocycles. The molecule has 0 aliphatic heterocycles. The molecule has 5 heteroatoms. The predicted molar refractivity (Wildman–Crippen MR) is 110 cm³/mol. The minimum absolute atomic E-state index is 0.147. The zero-order valence-corrected chi connectivity index (χ0v) is 16.4. The highest BCUT2D eigenvalue weighted by atomic mass is 35.5. The van der Waals surface area contributed by atoms with Crippen molar-refractivity contribution in [2.45, 2.75) is 33.2 Å². The van der Waals surface area contributed by atoms with Gasteiger partial charge in [0, 0.05) is 17.1 Å². The van der Waals surface area contributed by atoms with E-state index in [9.17, 15) is 9.90 Å². The van der Waals surface area contributed by atoms with Crippen molar-refractivity contribution in [2.75, 3.05) is 13.1 Å². The van der Waals surface area contributed by atoms with Crippen LogP contribution in [0.3, 0.4) is 0 Å². The molecule has 0 amide bonds. The number of rotatable bonds is 7. The van der Waals surface area contributed by atoms with Gasteiger partial charge in [-0.15, -0.1) is 0 Å². The van der Waals surface area contributed by atoms with E-state index in [0.29, 0.717) is 39.2 Å². The zero-order valence-electron chi connectivity index (χ0n) is 15.7. The van der Waals surface area contributed by atoms with Gasteiger partial charge in [-0.1, -0.05) is 43.6 Å². The molecule has 2 aromatic carbocycles. The number of phenols is 1. The topological polar surface area (TPSA) is 53.7 Å². The Kier molecular flexibility index (Phi) is 6.19. The molecular weight excluding hydrogens is 362 g/mol. The third-order valence-corrected chi connectivity index (χ3v) is 4.97. The molecule has 0 saturated carbocycles. The fraction of sp³-hybridized carbons (Fsp3) is 0.318. The smallest absolute Gasteiger partial charge is 0.200 e. The quantitative estimate of drug-likeness (QED) is 0.588. The highest BCUT2D eigenvalue weighted by molar-refractivity contribution is 6.33. The minimum Gasteiger partial charge on any atom is -0.507 e. The van der Waals surface area contributed by atoms with E-state index in [4.69, 9.17) is 16.0 Å². The van der Waals surface area contributed by atoms with Crippen molar-refractivity contribution in [3.05, 3.63) is 63.5 Å². The van der Waals surface area contributed by atoms with Gasteiger partial charge in [0.05, 0.1) is 16.5 Å². The number of hydrogen-bond donors (Lipinski definition) is 1. The summed E-state index contributed by atoms with van der Waals surface area (Å²) in [6.45, 7) is 6.64. The van der Waals surface area contributed by atoms with Crippen LogP contribution in [0.25, 0.3) is 22.1 Å². The zero-order chi connectivity index (χ0) is 19.4. The maximum Gasteiger partial charge on any atom is 0.200 e. The van der Waals surface area contributed by atoms with Crippen LogP contribution in [0.2, 0.25) is 5.02 Å². The van der Waals surface area contributed by atoms with Gasteiger partial charge in [-0.2, -0.15) is 0 Å². The van der Waals surface area contributed by atoms with Crippen LogP contribution in [-0.4, -0.2) is 23.1 Å². The molecule has 0 unspecified atom stereocenters. The van der Waals surface area contributed by atoms with Gasteiger partial charge in [-0.3, -0.25) is 9.69 Å². The van der Waals surface area contributed by atoms with Gasteiger partial charge in [-0.05, 0) is 44.1 Å². The summed E-state index contributed by atoms with van der Waals surface area (Å²) in [5.41, 5.74) is 2.00. The summed E-state index contributed by atoms with van der Waals surface area (Å²) in [5.74, 6) is 0.147. The molecule has 0 fully saturated rings. The van der Waals surface area contributed by atoms with E-state index in [1.165, 1.54) is 6.26 Å². The van der Waals surface area contributed by atoms with Crippen molar-refractivity contribution in [3.8, 4) is 16.9 Å². The van der Waals surface area contributed by atoms with E-state index in [1.54, 1.807) is 24.3 Å². The second kappa shape index (κ2) is 8.59. The van der Waals surface area contributed by atoms with Gasteiger partial charge in [0.25, 0.3) is 0 Å². The average molecular weight is 386 g/mol. The van der Waals surface area contributed by atoms with Crippen LogP contribution in [0.1, 0.15) is 32.3 Å². The molecule has 1 heterocycles. The summed E-state index contributed by atoms with van der Waals surface area (Å²) in [6.07, 6.45) is 3.48. The lowest BCUT2D eigenvalue weighted by atomic mass is 10.0. The third kappa shape index (κ3) is 4.02. The molecule has 1 aromatic heterocycles. The number of nitrogens with zero attached hydrogens (tertiary/aromatic N) is 1. The molecule has 0 spiro atoms. The lowest BCUT2D eigenvalue weighted by Crippen LogP contribution is -2.25. The molecular formula is C22H24ClNO3. The van der Waals surface area contributed by atoms with Crippen LogP contribution in [0.5, 0.6) is 5.75 Å². The summed E-state index contributed by atoms with van der Waals surface area (Å²) < 4.78 is 5.86. The highest BCUT2D eigenvalue weighted by Crippen LogP contribution is 2.31. The summed E-state index contributed by atoms with van der Waals surface area (Å²) in [7, 11) is 0. The minimum atomic E-state index is -0.150. The average Bonchev–Trinajstić information content (AvgIpc) is 2.65. The molecule has 142 valence electrons. The standard InChI is InChI=1S/C22H24ClNO3/c1-3-11-24(12-4-2)13-17-20(25)10-9-16-21(26)18(14-27-22(16)17)15-7-5-6-8-19(15)23/h5-10,14,25H,3-4,11-13H2,1-2H3. The molecule has 0 bridgehead atoms. The number of aromatic hydroxyl groups is 1. The summed E-state index contributed by atoms with van der Waals surface area (Å²) >= 11 is 6.25. The first kappa shape index (κ1) is 19.5. The maximum absolute atomic E-state index is 13.1. The van der Waals surface area contributed by atoms with Crippen molar-refractivity contribution in [1.29, 1.82) is 0 Å². The Hall–Kier alpha value is -2.30. The number of phenolic OH excluding ortho intramolecular Hbond substituents is 1. The van der Waals surface area contributed by atoms with E-state index in [1.807, 2.05) is 12.1 Å². The molecule has 27 heavy (non-hydrogen) atoms. The Balaban J connectivity index is 2.12. The van der Waals surface area contributed by atoms with E-state index in [0.717, 1.165) is 25.9 Å². The van der Waals surface area contributed by atoms with Crippen LogP contribution >= 0.6 is 11.6 Å². The van der Waals surface area contributed by atoms with Crippen molar-refractivity contribution < 1.29 is 9.52 Å². The second-order valence-corrected chi connectivity index (χ2v) is 7.08. The summed E-state index contributed by atoms with van der Waals surface area (Å²) in [5, 5.41) is 11.4. The third-order valence-electron chi connectivity index (χ3n) is 4.65. The highest BCUT2D eigenvalue weighted by Gasteiger charge is 2.18. The van der Waals surface area contributed by atoms with E-state index < -0.39 is 0 Å². The Morgan fingerprint density at radius 1 is 1.04 bits per heavy atom. The van der Waals surface area contributed by atoms with Crippen LogP contribution < -0.4 is 5.43 Å². The van der Waals surface area contributed by atoms with Crippen molar-refractivity contribution in [2.24, 2.45) is 0 Å². The first-order valence-corrected chi connectivity index (χ1v) is 9.68.